The maximum absolute atomic E-state index is 11.5. The Kier molecular flexibility index (Phi) is 4.80. The Morgan fingerprint density at radius 2 is 1.81 bits per heavy atom. The molecule has 2 fully saturated rings. The molecule has 2 heterocycles. The lowest BCUT2D eigenvalue weighted by Crippen LogP contribution is -2.47. The molecular weight excluding hydrogens is 288 g/mol. The first kappa shape index (κ1) is 14.9. The summed E-state index contributed by atoms with van der Waals surface area (Å²) >= 11 is 6.08. The lowest BCUT2D eigenvalue weighted by atomic mass is 9.93. The zero-order valence-corrected chi connectivity index (χ0v) is 13.0. The molecule has 2 aliphatic rings. The summed E-state index contributed by atoms with van der Waals surface area (Å²) < 4.78 is 0. The first-order valence-corrected chi connectivity index (χ1v) is 8.36. The van der Waals surface area contributed by atoms with Crippen LogP contribution in [0.1, 0.15) is 44.9 Å². The quantitative estimate of drug-likeness (QED) is 0.899. The van der Waals surface area contributed by atoms with E-state index < -0.39 is 0 Å². The second-order valence-corrected chi connectivity index (χ2v) is 6.54. The lowest BCUT2D eigenvalue weighted by Gasteiger charge is -2.36. The number of nitrogens with zero attached hydrogens (tertiary/aromatic N) is 2. The van der Waals surface area contributed by atoms with Gasteiger partial charge in [-0.1, -0.05) is 30.9 Å². The molecule has 21 heavy (non-hydrogen) atoms. The van der Waals surface area contributed by atoms with Crippen LogP contribution in [0.2, 0.25) is 5.02 Å². The highest BCUT2D eigenvalue weighted by Crippen LogP contribution is 2.25. The lowest BCUT2D eigenvalue weighted by molar-refractivity contribution is 0.307. The Morgan fingerprint density at radius 3 is 2.52 bits per heavy atom. The molecule has 116 valence electrons. The van der Waals surface area contributed by atoms with E-state index in [0.29, 0.717) is 12.1 Å². The number of nitrogens with one attached hydrogen (secondary N) is 2. The molecule has 6 heteroatoms. The van der Waals surface area contributed by atoms with E-state index in [1.54, 1.807) is 6.20 Å². The van der Waals surface area contributed by atoms with Crippen molar-refractivity contribution in [2.75, 3.05) is 18.0 Å². The van der Waals surface area contributed by atoms with E-state index >= 15 is 0 Å². The van der Waals surface area contributed by atoms with E-state index in [-0.39, 0.29) is 10.6 Å². The monoisotopic (exact) mass is 310 g/mol. The molecule has 5 nitrogen and oxygen atoms in total. The molecule has 0 unspecified atom stereocenters. The summed E-state index contributed by atoms with van der Waals surface area (Å²) in [6, 6.07) is 1.30. The van der Waals surface area contributed by atoms with Crippen LogP contribution in [0.25, 0.3) is 0 Å². The van der Waals surface area contributed by atoms with Crippen molar-refractivity contribution in [1.82, 2.24) is 15.5 Å². The van der Waals surface area contributed by atoms with Crippen LogP contribution in [-0.4, -0.2) is 35.4 Å². The minimum atomic E-state index is -0.309. The average molecular weight is 311 g/mol. The van der Waals surface area contributed by atoms with E-state index in [1.807, 2.05) is 0 Å². The van der Waals surface area contributed by atoms with Crippen LogP contribution in [0, 0.1) is 0 Å². The molecular formula is C15H23ClN4O. The molecule has 1 saturated heterocycles. The Bertz CT molecular complexity index is 519. The maximum atomic E-state index is 11.5. The van der Waals surface area contributed by atoms with Gasteiger partial charge in [-0.05, 0) is 25.7 Å². The van der Waals surface area contributed by atoms with Crippen LogP contribution in [-0.2, 0) is 0 Å². The summed E-state index contributed by atoms with van der Waals surface area (Å²) in [5.74, 6) is 0. The number of rotatable bonds is 3. The molecule has 0 radical (unpaired) electrons. The van der Waals surface area contributed by atoms with Crippen LogP contribution < -0.4 is 15.8 Å². The van der Waals surface area contributed by atoms with Crippen molar-refractivity contribution < 1.29 is 0 Å². The Balaban J connectivity index is 1.55. The van der Waals surface area contributed by atoms with Gasteiger partial charge in [-0.3, -0.25) is 4.79 Å². The predicted molar refractivity (Wildman–Crippen MR) is 85.1 cm³/mol. The molecule has 0 atom stereocenters. The summed E-state index contributed by atoms with van der Waals surface area (Å²) in [6.45, 7) is 1.85. The van der Waals surface area contributed by atoms with E-state index in [4.69, 9.17) is 11.6 Å². The number of piperidine rings is 1. The Morgan fingerprint density at radius 1 is 1.14 bits per heavy atom. The average Bonchev–Trinajstić information content (AvgIpc) is 2.52. The van der Waals surface area contributed by atoms with Gasteiger partial charge in [0.25, 0.3) is 5.56 Å². The standard InChI is InChI=1S/C15H23ClN4O/c16-14-13(10-17-19-15(14)21)20-8-6-12(7-9-20)18-11-4-2-1-3-5-11/h10-12,18H,1-9H2,(H,19,21). The van der Waals surface area contributed by atoms with Gasteiger partial charge in [0.1, 0.15) is 5.02 Å². The summed E-state index contributed by atoms with van der Waals surface area (Å²) in [7, 11) is 0. The van der Waals surface area contributed by atoms with Gasteiger partial charge >= 0.3 is 0 Å². The van der Waals surface area contributed by atoms with Gasteiger partial charge in [0.15, 0.2) is 0 Å². The van der Waals surface area contributed by atoms with Crippen LogP contribution in [0.15, 0.2) is 11.0 Å². The highest BCUT2D eigenvalue weighted by Gasteiger charge is 2.24. The van der Waals surface area contributed by atoms with Gasteiger partial charge in [-0.15, -0.1) is 0 Å². The van der Waals surface area contributed by atoms with Crippen molar-refractivity contribution in [3.63, 3.8) is 0 Å². The summed E-state index contributed by atoms with van der Waals surface area (Å²) in [4.78, 5) is 13.7. The number of H-pyrrole nitrogens is 1. The summed E-state index contributed by atoms with van der Waals surface area (Å²) in [5.41, 5.74) is 0.452. The first-order valence-electron chi connectivity index (χ1n) is 7.98. The predicted octanol–water partition coefficient (Wildman–Crippen LogP) is 2.31. The van der Waals surface area contributed by atoms with Gasteiger partial charge in [0, 0.05) is 25.2 Å². The van der Waals surface area contributed by atoms with E-state index in [1.165, 1.54) is 32.1 Å². The molecule has 0 amide bonds. The Hall–Kier alpha value is -1.07. The summed E-state index contributed by atoms with van der Waals surface area (Å²) in [5, 5.41) is 10.3. The third-order valence-electron chi connectivity index (χ3n) is 4.69. The van der Waals surface area contributed by atoms with Gasteiger partial charge in [0.2, 0.25) is 0 Å². The Labute approximate surface area is 130 Å². The van der Waals surface area contributed by atoms with Gasteiger partial charge in [-0.25, -0.2) is 5.10 Å². The molecule has 1 aromatic heterocycles. The SMILES string of the molecule is O=c1[nH]ncc(N2CCC(NC3CCCCC3)CC2)c1Cl. The van der Waals surface area contributed by atoms with Crippen molar-refractivity contribution in [2.45, 2.75) is 57.0 Å². The first-order chi connectivity index (χ1) is 10.2. The zero-order chi connectivity index (χ0) is 14.7. The number of halogens is 1. The van der Waals surface area contributed by atoms with Crippen molar-refractivity contribution in [3.8, 4) is 0 Å². The molecule has 0 aromatic carbocycles. The second kappa shape index (κ2) is 6.79. The normalized spacial score (nSPS) is 21.7. The minimum absolute atomic E-state index is 0.253. The van der Waals surface area contributed by atoms with Gasteiger partial charge in [-0.2, -0.15) is 5.10 Å². The fraction of sp³-hybridized carbons (Fsp3) is 0.733. The smallest absolute Gasteiger partial charge is 0.285 e. The third-order valence-corrected chi connectivity index (χ3v) is 5.05. The number of hydrogen-bond donors (Lipinski definition) is 2. The molecule has 1 aromatic rings. The molecule has 0 bridgehead atoms. The third kappa shape index (κ3) is 3.58. The fourth-order valence-corrected chi connectivity index (χ4v) is 3.69. The largest absolute Gasteiger partial charge is 0.369 e. The van der Waals surface area contributed by atoms with Crippen LogP contribution in [0.5, 0.6) is 0 Å². The van der Waals surface area contributed by atoms with Crippen LogP contribution in [0.4, 0.5) is 5.69 Å². The number of aromatic nitrogens is 2. The van der Waals surface area contributed by atoms with E-state index in [0.717, 1.165) is 31.6 Å². The van der Waals surface area contributed by atoms with Gasteiger partial charge in [0.05, 0.1) is 11.9 Å². The second-order valence-electron chi connectivity index (χ2n) is 6.16. The molecule has 3 rings (SSSR count). The van der Waals surface area contributed by atoms with Crippen molar-refractivity contribution >= 4 is 17.3 Å². The zero-order valence-electron chi connectivity index (χ0n) is 12.3. The van der Waals surface area contributed by atoms with E-state index in [9.17, 15) is 4.79 Å². The fourth-order valence-electron chi connectivity index (χ4n) is 3.48. The van der Waals surface area contributed by atoms with Crippen molar-refractivity contribution in [1.29, 1.82) is 0 Å². The number of anilines is 1. The van der Waals surface area contributed by atoms with Crippen LogP contribution in [0.3, 0.4) is 0 Å². The molecule has 2 N–H and O–H groups in total. The maximum Gasteiger partial charge on any atom is 0.285 e. The highest BCUT2D eigenvalue weighted by atomic mass is 35.5. The van der Waals surface area contributed by atoms with Gasteiger partial charge < -0.3 is 10.2 Å². The van der Waals surface area contributed by atoms with E-state index in [2.05, 4.69) is 20.4 Å². The molecule has 0 spiro atoms. The molecule has 1 aliphatic heterocycles. The number of aromatic amines is 1. The molecule has 1 aliphatic carbocycles. The van der Waals surface area contributed by atoms with Crippen LogP contribution >= 0.6 is 11.6 Å². The highest BCUT2D eigenvalue weighted by molar-refractivity contribution is 6.32. The van der Waals surface area contributed by atoms with Crippen molar-refractivity contribution in [3.05, 3.63) is 21.6 Å². The minimum Gasteiger partial charge on any atom is -0.369 e. The topological polar surface area (TPSA) is 61.0 Å². The van der Waals surface area contributed by atoms with Crippen molar-refractivity contribution in [2.24, 2.45) is 0 Å². The molecule has 1 saturated carbocycles. The summed E-state index contributed by atoms with van der Waals surface area (Å²) in [6.07, 6.45) is 10.6. The number of hydrogen-bond acceptors (Lipinski definition) is 4.